The van der Waals surface area contributed by atoms with Crippen LogP contribution in [-0.4, -0.2) is 13.1 Å². The zero-order chi connectivity index (χ0) is 13.7. The van der Waals surface area contributed by atoms with Gasteiger partial charge in [0, 0.05) is 13.1 Å². The molecule has 0 bridgehead atoms. The van der Waals surface area contributed by atoms with Crippen molar-refractivity contribution < 1.29 is 0 Å². The van der Waals surface area contributed by atoms with E-state index in [9.17, 15) is 0 Å². The van der Waals surface area contributed by atoms with E-state index in [1.54, 1.807) is 0 Å². The second-order valence-corrected chi connectivity index (χ2v) is 5.35. The highest BCUT2D eigenvalue weighted by Crippen LogP contribution is 2.19. The summed E-state index contributed by atoms with van der Waals surface area (Å²) in [7, 11) is 0. The van der Waals surface area contributed by atoms with E-state index < -0.39 is 0 Å². The summed E-state index contributed by atoms with van der Waals surface area (Å²) in [6.07, 6.45) is 4.90. The number of hydrogen-bond acceptors (Lipinski definition) is 2. The molecule has 0 radical (unpaired) electrons. The molecule has 0 unspecified atom stereocenters. The van der Waals surface area contributed by atoms with Crippen LogP contribution in [0, 0.1) is 5.41 Å². The first-order chi connectivity index (χ1) is 7.95. The summed E-state index contributed by atoms with van der Waals surface area (Å²) in [6.45, 7) is 19.0. The van der Waals surface area contributed by atoms with E-state index in [1.165, 1.54) is 25.7 Å². The molecule has 0 atom stereocenters. The quantitative estimate of drug-likeness (QED) is 0.620. The fourth-order valence-electron chi connectivity index (χ4n) is 1.34. The fraction of sp³-hybridized carbons (Fsp3) is 0.867. The van der Waals surface area contributed by atoms with Crippen molar-refractivity contribution in [1.29, 1.82) is 0 Å². The SMILES string of the molecule is C=C(NCCCC)NCCCC(C)(C)C.CC. The maximum Gasteiger partial charge on any atom is 0.0912 e. The first-order valence-electron chi connectivity index (χ1n) is 7.12. The lowest BCUT2D eigenvalue weighted by molar-refractivity contribution is 0.363. The van der Waals surface area contributed by atoms with Gasteiger partial charge < -0.3 is 10.6 Å². The van der Waals surface area contributed by atoms with Gasteiger partial charge in [-0.3, -0.25) is 0 Å². The highest BCUT2D eigenvalue weighted by atomic mass is 15.1. The van der Waals surface area contributed by atoms with Crippen molar-refractivity contribution in [3.05, 3.63) is 12.4 Å². The highest BCUT2D eigenvalue weighted by Gasteiger charge is 2.08. The lowest BCUT2D eigenvalue weighted by Crippen LogP contribution is -2.27. The van der Waals surface area contributed by atoms with Gasteiger partial charge in [-0.15, -0.1) is 0 Å². The Labute approximate surface area is 109 Å². The van der Waals surface area contributed by atoms with Gasteiger partial charge in [0.2, 0.25) is 0 Å². The van der Waals surface area contributed by atoms with Crippen molar-refractivity contribution in [1.82, 2.24) is 10.6 Å². The zero-order valence-corrected chi connectivity index (χ0v) is 12.9. The summed E-state index contributed by atoms with van der Waals surface area (Å²) in [4.78, 5) is 0. The Morgan fingerprint density at radius 2 is 1.47 bits per heavy atom. The number of nitrogens with one attached hydrogen (secondary N) is 2. The van der Waals surface area contributed by atoms with E-state index in [0.29, 0.717) is 5.41 Å². The Hall–Kier alpha value is -0.660. The molecular weight excluding hydrogens is 208 g/mol. The molecule has 0 fully saturated rings. The summed E-state index contributed by atoms with van der Waals surface area (Å²) in [5.41, 5.74) is 0.443. The maximum absolute atomic E-state index is 3.94. The molecule has 0 saturated heterocycles. The second kappa shape index (κ2) is 11.8. The molecule has 0 aromatic rings. The van der Waals surface area contributed by atoms with Gasteiger partial charge in [0.1, 0.15) is 0 Å². The zero-order valence-electron chi connectivity index (χ0n) is 12.9. The summed E-state index contributed by atoms with van der Waals surface area (Å²) >= 11 is 0. The van der Waals surface area contributed by atoms with Gasteiger partial charge in [0.25, 0.3) is 0 Å². The molecule has 2 N–H and O–H groups in total. The molecule has 0 rings (SSSR count). The monoisotopic (exact) mass is 242 g/mol. The van der Waals surface area contributed by atoms with Crippen LogP contribution in [-0.2, 0) is 0 Å². The Kier molecular flexibility index (Phi) is 13.0. The molecule has 0 spiro atoms. The smallest absolute Gasteiger partial charge is 0.0912 e. The summed E-state index contributed by atoms with van der Waals surface area (Å²) in [5, 5.41) is 6.58. The molecule has 0 aliphatic rings. The van der Waals surface area contributed by atoms with Gasteiger partial charge in [0.05, 0.1) is 5.82 Å². The molecule has 0 aromatic heterocycles. The van der Waals surface area contributed by atoms with Crippen molar-refractivity contribution in [3.8, 4) is 0 Å². The standard InChI is InChI=1S/C13H28N2.C2H6/c1-6-7-10-14-12(2)15-11-8-9-13(3,4)5;1-2/h14-15H,2,6-11H2,1,3-5H3;1-2H3. The van der Waals surface area contributed by atoms with Gasteiger partial charge in [-0.05, 0) is 24.7 Å². The predicted molar refractivity (Wildman–Crippen MR) is 80.1 cm³/mol. The second-order valence-electron chi connectivity index (χ2n) is 5.35. The third kappa shape index (κ3) is 17.9. The Morgan fingerprint density at radius 3 is 1.88 bits per heavy atom. The Morgan fingerprint density at radius 1 is 1.00 bits per heavy atom. The lowest BCUT2D eigenvalue weighted by Gasteiger charge is -2.18. The molecular formula is C15H34N2. The van der Waals surface area contributed by atoms with Crippen molar-refractivity contribution in [3.63, 3.8) is 0 Å². The number of unbranched alkanes of at least 4 members (excludes halogenated alkanes) is 1. The van der Waals surface area contributed by atoms with Crippen molar-refractivity contribution in [2.24, 2.45) is 5.41 Å². The van der Waals surface area contributed by atoms with Crippen molar-refractivity contribution >= 4 is 0 Å². The molecule has 17 heavy (non-hydrogen) atoms. The molecule has 0 heterocycles. The molecule has 0 aliphatic heterocycles. The van der Waals surface area contributed by atoms with Gasteiger partial charge in [-0.2, -0.15) is 0 Å². The van der Waals surface area contributed by atoms with E-state index in [4.69, 9.17) is 0 Å². The molecule has 0 saturated carbocycles. The van der Waals surface area contributed by atoms with Gasteiger partial charge in [-0.1, -0.05) is 54.5 Å². The van der Waals surface area contributed by atoms with E-state index in [0.717, 1.165) is 18.9 Å². The van der Waals surface area contributed by atoms with E-state index in [2.05, 4.69) is 44.9 Å². The third-order valence-electron chi connectivity index (χ3n) is 2.31. The van der Waals surface area contributed by atoms with E-state index in [-0.39, 0.29) is 0 Å². The first kappa shape index (κ1) is 18.7. The van der Waals surface area contributed by atoms with Crippen LogP contribution >= 0.6 is 0 Å². The fourth-order valence-corrected chi connectivity index (χ4v) is 1.34. The number of hydrogen-bond donors (Lipinski definition) is 2. The van der Waals surface area contributed by atoms with Crippen LogP contribution in [0.15, 0.2) is 12.4 Å². The van der Waals surface area contributed by atoms with Gasteiger partial charge >= 0.3 is 0 Å². The Bertz CT molecular complexity index is 168. The summed E-state index contributed by atoms with van der Waals surface area (Å²) in [6, 6.07) is 0. The Balaban J connectivity index is 0. The molecule has 2 heteroatoms. The molecule has 0 amide bonds. The minimum Gasteiger partial charge on any atom is -0.372 e. The highest BCUT2D eigenvalue weighted by molar-refractivity contribution is 4.87. The van der Waals surface area contributed by atoms with Crippen LogP contribution < -0.4 is 10.6 Å². The number of rotatable bonds is 8. The van der Waals surface area contributed by atoms with E-state index >= 15 is 0 Å². The molecule has 2 nitrogen and oxygen atoms in total. The van der Waals surface area contributed by atoms with Crippen LogP contribution in [0.4, 0.5) is 0 Å². The van der Waals surface area contributed by atoms with Crippen LogP contribution in [0.25, 0.3) is 0 Å². The van der Waals surface area contributed by atoms with Crippen LogP contribution in [0.5, 0.6) is 0 Å². The minimum atomic E-state index is 0.443. The van der Waals surface area contributed by atoms with Crippen LogP contribution in [0.3, 0.4) is 0 Å². The van der Waals surface area contributed by atoms with Gasteiger partial charge in [-0.25, -0.2) is 0 Å². The van der Waals surface area contributed by atoms with Crippen molar-refractivity contribution in [2.75, 3.05) is 13.1 Å². The largest absolute Gasteiger partial charge is 0.372 e. The van der Waals surface area contributed by atoms with Gasteiger partial charge in [0.15, 0.2) is 0 Å². The predicted octanol–water partition coefficient (Wildman–Crippen LogP) is 4.29. The topological polar surface area (TPSA) is 24.1 Å². The lowest BCUT2D eigenvalue weighted by atomic mass is 9.91. The average Bonchev–Trinajstić information content (AvgIpc) is 2.26. The first-order valence-corrected chi connectivity index (χ1v) is 7.12. The van der Waals surface area contributed by atoms with Crippen LogP contribution in [0.2, 0.25) is 0 Å². The van der Waals surface area contributed by atoms with Crippen molar-refractivity contribution in [2.45, 2.75) is 67.2 Å². The van der Waals surface area contributed by atoms with Crippen LogP contribution in [0.1, 0.15) is 67.2 Å². The molecule has 104 valence electrons. The summed E-state index contributed by atoms with van der Waals surface area (Å²) in [5.74, 6) is 0.970. The molecule has 0 aliphatic carbocycles. The minimum absolute atomic E-state index is 0.443. The summed E-state index contributed by atoms with van der Waals surface area (Å²) < 4.78 is 0. The molecule has 0 aromatic carbocycles. The third-order valence-corrected chi connectivity index (χ3v) is 2.31. The maximum atomic E-state index is 3.94. The average molecular weight is 242 g/mol. The normalized spacial score (nSPS) is 10.2. The van der Waals surface area contributed by atoms with E-state index in [1.807, 2.05) is 13.8 Å².